The maximum Gasteiger partial charge on any atom is 0.234 e. The Kier molecular flexibility index (Phi) is 8.01. The molecule has 0 spiro atoms. The van der Waals surface area contributed by atoms with Gasteiger partial charge in [-0.05, 0) is 49.2 Å². The zero-order valence-corrected chi connectivity index (χ0v) is 19.0. The van der Waals surface area contributed by atoms with Crippen molar-refractivity contribution in [3.05, 3.63) is 63.9 Å². The van der Waals surface area contributed by atoms with Crippen LogP contribution < -0.4 is 10.1 Å². The number of rotatable bonds is 9. The molecule has 0 aliphatic carbocycles. The topological polar surface area (TPSA) is 69.0 Å². The van der Waals surface area contributed by atoms with Gasteiger partial charge in [0.25, 0.3) is 0 Å². The zero-order chi connectivity index (χ0) is 21.5. The predicted molar refractivity (Wildman–Crippen MR) is 122 cm³/mol. The molecule has 0 saturated heterocycles. The van der Waals surface area contributed by atoms with Crippen LogP contribution in [0.2, 0.25) is 10.0 Å². The molecular weight excluding hydrogens is 443 g/mol. The first-order valence-corrected chi connectivity index (χ1v) is 11.1. The number of anilines is 1. The van der Waals surface area contributed by atoms with Crippen LogP contribution in [0.3, 0.4) is 0 Å². The van der Waals surface area contributed by atoms with E-state index in [1.54, 1.807) is 18.2 Å². The third-order valence-electron chi connectivity index (χ3n) is 4.26. The number of thioether (sulfide) groups is 1. The van der Waals surface area contributed by atoms with Gasteiger partial charge in [-0.3, -0.25) is 4.79 Å². The summed E-state index contributed by atoms with van der Waals surface area (Å²) < 4.78 is 7.60. The number of ether oxygens (including phenoxy) is 1. The molecule has 1 aromatic heterocycles. The molecule has 30 heavy (non-hydrogen) atoms. The Labute approximate surface area is 189 Å². The van der Waals surface area contributed by atoms with Crippen LogP contribution in [-0.4, -0.2) is 33.0 Å². The lowest BCUT2D eigenvalue weighted by Gasteiger charge is -2.08. The second-order valence-corrected chi connectivity index (χ2v) is 8.48. The van der Waals surface area contributed by atoms with Crippen LogP contribution >= 0.6 is 35.0 Å². The van der Waals surface area contributed by atoms with Crippen molar-refractivity contribution in [3.8, 4) is 5.75 Å². The van der Waals surface area contributed by atoms with E-state index in [-0.39, 0.29) is 11.7 Å². The third kappa shape index (κ3) is 6.39. The molecule has 0 fully saturated rings. The summed E-state index contributed by atoms with van der Waals surface area (Å²) in [4.78, 5) is 12.2. The Bertz CT molecular complexity index is 1030. The Hall–Kier alpha value is -2.22. The lowest BCUT2D eigenvalue weighted by atomic mass is 10.2. The Morgan fingerprint density at radius 1 is 1.20 bits per heavy atom. The van der Waals surface area contributed by atoms with Gasteiger partial charge in [-0.25, -0.2) is 0 Å². The van der Waals surface area contributed by atoms with Crippen molar-refractivity contribution in [2.24, 2.45) is 7.05 Å². The van der Waals surface area contributed by atoms with Gasteiger partial charge in [-0.1, -0.05) is 47.1 Å². The lowest BCUT2D eigenvalue weighted by molar-refractivity contribution is -0.113. The minimum Gasteiger partial charge on any atom is -0.492 e. The van der Waals surface area contributed by atoms with Crippen LogP contribution in [0.25, 0.3) is 0 Å². The Morgan fingerprint density at radius 2 is 2.03 bits per heavy atom. The first-order chi connectivity index (χ1) is 14.4. The van der Waals surface area contributed by atoms with Gasteiger partial charge < -0.3 is 14.6 Å². The molecule has 2 aromatic carbocycles. The summed E-state index contributed by atoms with van der Waals surface area (Å²) in [7, 11) is 1.90. The van der Waals surface area contributed by atoms with Crippen LogP contribution in [0.1, 0.15) is 17.8 Å². The molecule has 3 aromatic rings. The number of nitrogens with one attached hydrogen (secondary N) is 1. The summed E-state index contributed by atoms with van der Waals surface area (Å²) >= 11 is 13.3. The van der Waals surface area contributed by atoms with E-state index >= 15 is 0 Å². The minimum absolute atomic E-state index is 0.0802. The Morgan fingerprint density at radius 3 is 2.80 bits per heavy atom. The van der Waals surface area contributed by atoms with Gasteiger partial charge >= 0.3 is 0 Å². The molecule has 1 amide bonds. The van der Waals surface area contributed by atoms with Gasteiger partial charge in [0.1, 0.15) is 11.6 Å². The summed E-state index contributed by atoms with van der Waals surface area (Å²) in [5.74, 6) is 1.62. The minimum atomic E-state index is -0.0802. The summed E-state index contributed by atoms with van der Waals surface area (Å²) in [5, 5.41) is 13.1. The van der Waals surface area contributed by atoms with Crippen molar-refractivity contribution in [1.82, 2.24) is 14.8 Å². The molecule has 0 aliphatic rings. The molecule has 1 heterocycles. The number of amides is 1. The number of carbonyl (C=O) groups is 1. The molecule has 9 heteroatoms. The largest absolute Gasteiger partial charge is 0.492 e. The maximum absolute atomic E-state index is 12.2. The second-order valence-electron chi connectivity index (χ2n) is 6.69. The smallest absolute Gasteiger partial charge is 0.234 e. The van der Waals surface area contributed by atoms with Crippen LogP contribution in [0.15, 0.2) is 47.6 Å². The average Bonchev–Trinajstić information content (AvgIpc) is 3.04. The number of nitrogens with zero attached hydrogens (tertiary/aromatic N) is 3. The van der Waals surface area contributed by atoms with E-state index in [2.05, 4.69) is 15.5 Å². The van der Waals surface area contributed by atoms with Gasteiger partial charge in [0.05, 0.1) is 17.4 Å². The number of hydrogen-bond acceptors (Lipinski definition) is 5. The molecule has 6 nitrogen and oxygen atoms in total. The number of carbonyl (C=O) groups excluding carboxylic acids is 1. The number of hydrogen-bond donors (Lipinski definition) is 1. The van der Waals surface area contributed by atoms with Crippen LogP contribution in [0, 0.1) is 6.92 Å². The Balaban J connectivity index is 1.44. The number of aromatic nitrogens is 3. The van der Waals surface area contributed by atoms with E-state index in [0.29, 0.717) is 34.0 Å². The van der Waals surface area contributed by atoms with Gasteiger partial charge in [-0.15, -0.1) is 10.2 Å². The fraction of sp³-hybridized carbons (Fsp3) is 0.286. The highest BCUT2D eigenvalue weighted by Gasteiger charge is 2.12. The summed E-state index contributed by atoms with van der Waals surface area (Å²) in [6.45, 7) is 2.48. The molecule has 0 saturated carbocycles. The van der Waals surface area contributed by atoms with Crippen LogP contribution in [0.5, 0.6) is 5.75 Å². The van der Waals surface area contributed by atoms with Crippen molar-refractivity contribution in [2.45, 2.75) is 24.9 Å². The lowest BCUT2D eigenvalue weighted by Crippen LogP contribution is -2.14. The highest BCUT2D eigenvalue weighted by molar-refractivity contribution is 7.99. The zero-order valence-electron chi connectivity index (χ0n) is 16.7. The van der Waals surface area contributed by atoms with Gasteiger partial charge in [0, 0.05) is 24.2 Å². The molecular formula is C21H22Cl2N4O2S. The first kappa shape index (κ1) is 22.5. The summed E-state index contributed by atoms with van der Waals surface area (Å²) in [6.07, 6.45) is 1.45. The van der Waals surface area contributed by atoms with E-state index in [4.69, 9.17) is 27.9 Å². The number of aryl methyl sites for hydroxylation is 2. The van der Waals surface area contributed by atoms with Gasteiger partial charge in [0.15, 0.2) is 5.16 Å². The molecule has 0 radical (unpaired) electrons. The van der Waals surface area contributed by atoms with Crippen molar-refractivity contribution in [3.63, 3.8) is 0 Å². The molecule has 0 aliphatic heterocycles. The first-order valence-electron chi connectivity index (χ1n) is 9.38. The number of benzene rings is 2. The summed E-state index contributed by atoms with van der Waals surface area (Å²) in [6, 6.07) is 12.9. The fourth-order valence-corrected chi connectivity index (χ4v) is 3.94. The molecule has 0 bridgehead atoms. The van der Waals surface area contributed by atoms with Crippen molar-refractivity contribution in [2.75, 3.05) is 17.7 Å². The van der Waals surface area contributed by atoms with E-state index in [9.17, 15) is 4.79 Å². The van der Waals surface area contributed by atoms with Gasteiger partial charge in [0.2, 0.25) is 5.91 Å². The standard InChI is InChI=1S/C21H22Cl2N4O2S/c1-14-5-3-6-16(11-14)24-20(28)13-30-21-26-25-19(27(21)2)7-4-10-29-18-9-8-15(22)12-17(18)23/h3,5-6,8-9,11-12H,4,7,10,13H2,1-2H3,(H,24,28). The predicted octanol–water partition coefficient (Wildman–Crippen LogP) is 5.17. The fourth-order valence-electron chi connectivity index (χ4n) is 2.74. The quantitative estimate of drug-likeness (QED) is 0.349. The highest BCUT2D eigenvalue weighted by atomic mass is 35.5. The molecule has 0 unspecified atom stereocenters. The van der Waals surface area contributed by atoms with E-state index in [0.717, 1.165) is 23.5 Å². The average molecular weight is 465 g/mol. The molecule has 3 rings (SSSR count). The number of halogens is 2. The SMILES string of the molecule is Cc1cccc(NC(=O)CSc2nnc(CCCOc3ccc(Cl)cc3Cl)n2C)c1. The maximum atomic E-state index is 12.2. The normalized spacial score (nSPS) is 10.8. The molecule has 1 N–H and O–H groups in total. The summed E-state index contributed by atoms with van der Waals surface area (Å²) in [5.41, 5.74) is 1.89. The van der Waals surface area contributed by atoms with Crippen molar-refractivity contribution < 1.29 is 9.53 Å². The van der Waals surface area contributed by atoms with Crippen LogP contribution in [0.4, 0.5) is 5.69 Å². The molecule has 0 atom stereocenters. The van der Waals surface area contributed by atoms with Crippen LogP contribution in [-0.2, 0) is 18.3 Å². The van der Waals surface area contributed by atoms with Crippen molar-refractivity contribution in [1.29, 1.82) is 0 Å². The molecule has 158 valence electrons. The van der Waals surface area contributed by atoms with Gasteiger partial charge in [-0.2, -0.15) is 0 Å². The van der Waals surface area contributed by atoms with E-state index in [1.807, 2.05) is 42.8 Å². The monoisotopic (exact) mass is 464 g/mol. The second kappa shape index (κ2) is 10.7. The highest BCUT2D eigenvalue weighted by Crippen LogP contribution is 2.27. The van der Waals surface area contributed by atoms with Crippen molar-refractivity contribution >= 4 is 46.6 Å². The van der Waals surface area contributed by atoms with E-state index < -0.39 is 0 Å². The third-order valence-corrected chi connectivity index (χ3v) is 5.81. The van der Waals surface area contributed by atoms with E-state index in [1.165, 1.54) is 11.8 Å².